The maximum absolute atomic E-state index is 11.8. The van der Waals surface area contributed by atoms with E-state index in [-0.39, 0.29) is 17.9 Å². The minimum Gasteiger partial charge on any atom is -0.352 e. The van der Waals surface area contributed by atoms with Crippen molar-refractivity contribution in [1.29, 1.82) is 0 Å². The van der Waals surface area contributed by atoms with Crippen molar-refractivity contribution in [2.24, 2.45) is 0 Å². The minimum absolute atomic E-state index is 0.0318. The van der Waals surface area contributed by atoms with Gasteiger partial charge in [0.05, 0.1) is 5.88 Å². The quantitative estimate of drug-likeness (QED) is 0.768. The second-order valence-electron chi connectivity index (χ2n) is 4.02. The summed E-state index contributed by atoms with van der Waals surface area (Å²) in [5.74, 6) is 1.51. The van der Waals surface area contributed by atoms with Crippen molar-refractivity contribution in [3.05, 3.63) is 0 Å². The van der Waals surface area contributed by atoms with Crippen molar-refractivity contribution in [1.82, 2.24) is 10.2 Å². The van der Waals surface area contributed by atoms with Crippen LogP contribution in [0.1, 0.15) is 26.2 Å². The molecule has 15 heavy (non-hydrogen) atoms. The standard InChI is InChI=1S/C10H16N2O2S/c1-2-9(13)12-6-15-5-8(12)10(14)11-7-3-4-7/h7-8H,2-6H2,1H3,(H,11,14). The van der Waals surface area contributed by atoms with Crippen molar-refractivity contribution >= 4 is 23.6 Å². The zero-order valence-electron chi connectivity index (χ0n) is 8.86. The molecular formula is C10H16N2O2S. The van der Waals surface area contributed by atoms with Crippen LogP contribution in [0, 0.1) is 0 Å². The Hall–Kier alpha value is -0.710. The van der Waals surface area contributed by atoms with Gasteiger partial charge in [0, 0.05) is 18.2 Å². The Morgan fingerprint density at radius 1 is 1.47 bits per heavy atom. The van der Waals surface area contributed by atoms with E-state index in [1.165, 1.54) is 0 Å². The number of nitrogens with zero attached hydrogens (tertiary/aromatic N) is 1. The highest BCUT2D eigenvalue weighted by molar-refractivity contribution is 7.99. The summed E-state index contributed by atoms with van der Waals surface area (Å²) in [7, 11) is 0. The average molecular weight is 228 g/mol. The van der Waals surface area contributed by atoms with Gasteiger partial charge in [-0.05, 0) is 12.8 Å². The zero-order valence-corrected chi connectivity index (χ0v) is 9.68. The van der Waals surface area contributed by atoms with E-state index >= 15 is 0 Å². The molecule has 0 spiro atoms. The topological polar surface area (TPSA) is 49.4 Å². The molecule has 0 aromatic carbocycles. The van der Waals surface area contributed by atoms with Gasteiger partial charge < -0.3 is 10.2 Å². The molecule has 84 valence electrons. The molecule has 0 aromatic rings. The largest absolute Gasteiger partial charge is 0.352 e. The van der Waals surface area contributed by atoms with Crippen LogP contribution in [-0.2, 0) is 9.59 Å². The molecule has 1 saturated carbocycles. The highest BCUT2D eigenvalue weighted by Gasteiger charge is 2.36. The molecule has 1 saturated heterocycles. The van der Waals surface area contributed by atoms with Gasteiger partial charge in [0.15, 0.2) is 0 Å². The Morgan fingerprint density at radius 3 is 2.80 bits per heavy atom. The van der Waals surface area contributed by atoms with Gasteiger partial charge in [-0.1, -0.05) is 6.92 Å². The maximum Gasteiger partial charge on any atom is 0.243 e. The molecule has 4 nitrogen and oxygen atoms in total. The Kier molecular flexibility index (Phi) is 3.19. The second-order valence-corrected chi connectivity index (χ2v) is 5.02. The summed E-state index contributed by atoms with van der Waals surface area (Å²) >= 11 is 1.65. The normalized spacial score (nSPS) is 25.4. The fraction of sp³-hybridized carbons (Fsp3) is 0.800. The number of nitrogens with one attached hydrogen (secondary N) is 1. The van der Waals surface area contributed by atoms with Crippen LogP contribution in [0.5, 0.6) is 0 Å². The van der Waals surface area contributed by atoms with Crippen LogP contribution in [0.2, 0.25) is 0 Å². The molecule has 1 atom stereocenters. The number of carbonyl (C=O) groups is 2. The van der Waals surface area contributed by atoms with Gasteiger partial charge >= 0.3 is 0 Å². The second kappa shape index (κ2) is 4.43. The molecule has 1 aliphatic heterocycles. The molecule has 2 amide bonds. The highest BCUT2D eigenvalue weighted by Crippen LogP contribution is 2.24. The van der Waals surface area contributed by atoms with E-state index in [2.05, 4.69) is 5.32 Å². The van der Waals surface area contributed by atoms with E-state index in [9.17, 15) is 9.59 Å². The lowest BCUT2D eigenvalue weighted by molar-refractivity contribution is -0.137. The summed E-state index contributed by atoms with van der Waals surface area (Å²) < 4.78 is 0. The molecule has 5 heteroatoms. The Labute approximate surface area is 93.8 Å². The summed E-state index contributed by atoms with van der Waals surface area (Å²) in [6.45, 7) is 1.83. The van der Waals surface area contributed by atoms with Crippen molar-refractivity contribution < 1.29 is 9.59 Å². The van der Waals surface area contributed by atoms with Crippen LogP contribution < -0.4 is 5.32 Å². The van der Waals surface area contributed by atoms with Crippen LogP contribution in [0.3, 0.4) is 0 Å². The fourth-order valence-corrected chi connectivity index (χ4v) is 2.81. The zero-order chi connectivity index (χ0) is 10.8. The molecule has 1 heterocycles. The van der Waals surface area contributed by atoms with Gasteiger partial charge in [0.25, 0.3) is 0 Å². The molecule has 0 radical (unpaired) electrons. The average Bonchev–Trinajstić information content (AvgIpc) is 2.90. The van der Waals surface area contributed by atoms with Crippen molar-refractivity contribution in [3.63, 3.8) is 0 Å². The lowest BCUT2D eigenvalue weighted by Crippen LogP contribution is -2.47. The third kappa shape index (κ3) is 2.45. The minimum atomic E-state index is -0.233. The van der Waals surface area contributed by atoms with Crippen molar-refractivity contribution in [2.45, 2.75) is 38.3 Å². The number of thioether (sulfide) groups is 1. The van der Waals surface area contributed by atoms with Crippen molar-refractivity contribution in [3.8, 4) is 0 Å². The summed E-state index contributed by atoms with van der Waals surface area (Å²) in [4.78, 5) is 25.1. The molecule has 1 unspecified atom stereocenters. The number of rotatable bonds is 3. The van der Waals surface area contributed by atoms with E-state index in [4.69, 9.17) is 0 Å². The molecule has 1 N–H and O–H groups in total. The van der Waals surface area contributed by atoms with E-state index in [0.29, 0.717) is 18.3 Å². The lowest BCUT2D eigenvalue weighted by Gasteiger charge is -2.22. The number of carbonyl (C=O) groups excluding carboxylic acids is 2. The Morgan fingerprint density at radius 2 is 2.20 bits per heavy atom. The first-order valence-electron chi connectivity index (χ1n) is 5.40. The van der Waals surface area contributed by atoms with E-state index < -0.39 is 0 Å². The van der Waals surface area contributed by atoms with E-state index in [0.717, 1.165) is 18.6 Å². The van der Waals surface area contributed by atoms with Crippen LogP contribution in [0.4, 0.5) is 0 Å². The number of hydrogen-bond acceptors (Lipinski definition) is 3. The first kappa shape index (κ1) is 10.8. The molecule has 2 fully saturated rings. The first-order valence-corrected chi connectivity index (χ1v) is 6.55. The van der Waals surface area contributed by atoms with Gasteiger partial charge in [0.1, 0.15) is 6.04 Å². The molecule has 2 rings (SSSR count). The maximum atomic E-state index is 11.8. The first-order chi connectivity index (χ1) is 7.22. The predicted octanol–water partition coefficient (Wildman–Crippen LogP) is 0.577. The van der Waals surface area contributed by atoms with E-state index in [1.54, 1.807) is 16.7 Å². The lowest BCUT2D eigenvalue weighted by atomic mass is 10.2. The summed E-state index contributed by atoms with van der Waals surface area (Å²) in [5, 5.41) is 2.96. The van der Waals surface area contributed by atoms with Crippen LogP contribution >= 0.6 is 11.8 Å². The van der Waals surface area contributed by atoms with Gasteiger partial charge in [-0.2, -0.15) is 0 Å². The third-order valence-corrected chi connectivity index (χ3v) is 3.74. The Bertz CT molecular complexity index is 279. The van der Waals surface area contributed by atoms with Crippen molar-refractivity contribution in [2.75, 3.05) is 11.6 Å². The number of hydrogen-bond donors (Lipinski definition) is 1. The van der Waals surface area contributed by atoms with Crippen LogP contribution in [0.25, 0.3) is 0 Å². The monoisotopic (exact) mass is 228 g/mol. The summed E-state index contributed by atoms with van der Waals surface area (Å²) in [6.07, 6.45) is 2.66. The summed E-state index contributed by atoms with van der Waals surface area (Å²) in [6, 6.07) is 0.143. The van der Waals surface area contributed by atoms with Gasteiger partial charge in [0.2, 0.25) is 11.8 Å². The molecule has 1 aliphatic carbocycles. The van der Waals surface area contributed by atoms with E-state index in [1.807, 2.05) is 6.92 Å². The van der Waals surface area contributed by atoms with Crippen LogP contribution in [-0.4, -0.2) is 40.4 Å². The predicted molar refractivity (Wildman–Crippen MR) is 59.4 cm³/mol. The number of amides is 2. The SMILES string of the molecule is CCC(=O)N1CSCC1C(=O)NC1CC1. The molecular weight excluding hydrogens is 212 g/mol. The Balaban J connectivity index is 1.93. The van der Waals surface area contributed by atoms with Gasteiger partial charge in [-0.3, -0.25) is 9.59 Å². The third-order valence-electron chi connectivity index (χ3n) is 2.73. The van der Waals surface area contributed by atoms with Gasteiger partial charge in [-0.15, -0.1) is 11.8 Å². The smallest absolute Gasteiger partial charge is 0.243 e. The molecule has 2 aliphatic rings. The fourth-order valence-electron chi connectivity index (χ4n) is 1.63. The van der Waals surface area contributed by atoms with Crippen LogP contribution in [0.15, 0.2) is 0 Å². The molecule has 0 aromatic heterocycles. The molecule has 0 bridgehead atoms. The highest BCUT2D eigenvalue weighted by atomic mass is 32.2. The summed E-state index contributed by atoms with van der Waals surface area (Å²) in [5.41, 5.74) is 0. The van der Waals surface area contributed by atoms with Gasteiger partial charge in [-0.25, -0.2) is 0 Å².